The zero-order valence-corrected chi connectivity index (χ0v) is 8.40. The molecule has 0 amide bonds. The molecule has 0 aromatic carbocycles. The zero-order chi connectivity index (χ0) is 10.3. The van der Waals surface area contributed by atoms with Crippen LogP contribution in [-0.2, 0) is 0 Å². The first-order valence-corrected chi connectivity index (χ1v) is 4.95. The number of nitrogens with zero attached hydrogens (tertiary/aromatic N) is 1. The summed E-state index contributed by atoms with van der Waals surface area (Å²) in [4.78, 5) is 10.2. The highest BCUT2D eigenvalue weighted by molar-refractivity contribution is 4.66. The van der Waals surface area contributed by atoms with Gasteiger partial charge in [-0.2, -0.15) is 0 Å². The van der Waals surface area contributed by atoms with Gasteiger partial charge in [0.2, 0.25) is 6.04 Å². The second kappa shape index (κ2) is 6.83. The van der Waals surface area contributed by atoms with Crippen LogP contribution in [0.4, 0.5) is 0 Å². The fourth-order valence-corrected chi connectivity index (χ4v) is 1.31. The van der Waals surface area contributed by atoms with Gasteiger partial charge < -0.3 is 5.11 Å². The van der Waals surface area contributed by atoms with Crippen LogP contribution in [0.5, 0.6) is 0 Å². The van der Waals surface area contributed by atoms with Crippen LogP contribution in [0, 0.1) is 10.1 Å². The summed E-state index contributed by atoms with van der Waals surface area (Å²) in [5.74, 6) is 0. The lowest BCUT2D eigenvalue weighted by Gasteiger charge is -2.13. The first-order valence-electron chi connectivity index (χ1n) is 4.95. The van der Waals surface area contributed by atoms with Gasteiger partial charge >= 0.3 is 0 Å². The maximum Gasteiger partial charge on any atom is 0.238 e. The Labute approximate surface area is 79.1 Å². The molecule has 0 bridgehead atoms. The fourth-order valence-electron chi connectivity index (χ4n) is 1.31. The highest BCUT2D eigenvalue weighted by Gasteiger charge is 2.27. The molecule has 0 rings (SSSR count). The summed E-state index contributed by atoms with van der Waals surface area (Å²) in [6.07, 6.45) is 3.05. The normalized spacial score (nSPS) is 15.3. The minimum absolute atomic E-state index is 0.357. The van der Waals surface area contributed by atoms with Gasteiger partial charge in [-0.25, -0.2) is 0 Å². The summed E-state index contributed by atoms with van der Waals surface area (Å²) in [6, 6.07) is -0.767. The van der Waals surface area contributed by atoms with Crippen molar-refractivity contribution in [1.29, 1.82) is 0 Å². The summed E-state index contributed by atoms with van der Waals surface area (Å²) < 4.78 is 0. The van der Waals surface area contributed by atoms with Gasteiger partial charge in [-0.15, -0.1) is 0 Å². The largest absolute Gasteiger partial charge is 0.386 e. The number of hydrogen-bond acceptors (Lipinski definition) is 3. The van der Waals surface area contributed by atoms with Crippen LogP contribution >= 0.6 is 0 Å². The maximum atomic E-state index is 10.5. The van der Waals surface area contributed by atoms with Crippen molar-refractivity contribution in [2.75, 3.05) is 0 Å². The highest BCUT2D eigenvalue weighted by atomic mass is 16.6. The van der Waals surface area contributed by atoms with Gasteiger partial charge in [0.15, 0.2) is 0 Å². The van der Waals surface area contributed by atoms with E-state index >= 15 is 0 Å². The van der Waals surface area contributed by atoms with Crippen LogP contribution in [-0.4, -0.2) is 22.2 Å². The molecule has 78 valence electrons. The molecule has 2 atom stereocenters. The van der Waals surface area contributed by atoms with Crippen LogP contribution in [0.25, 0.3) is 0 Å². The molecule has 0 saturated carbocycles. The SMILES string of the molecule is CCCCCC(C(O)CC)[N+](=O)[O-]. The van der Waals surface area contributed by atoms with Crippen molar-refractivity contribution in [2.45, 2.75) is 58.1 Å². The Morgan fingerprint density at radius 1 is 1.38 bits per heavy atom. The summed E-state index contributed by atoms with van der Waals surface area (Å²) in [5, 5.41) is 19.9. The van der Waals surface area contributed by atoms with Crippen molar-refractivity contribution in [3.63, 3.8) is 0 Å². The summed E-state index contributed by atoms with van der Waals surface area (Å²) in [7, 11) is 0. The van der Waals surface area contributed by atoms with Gasteiger partial charge in [0, 0.05) is 11.3 Å². The molecule has 0 aromatic rings. The lowest BCUT2D eigenvalue weighted by molar-refractivity contribution is -0.535. The van der Waals surface area contributed by atoms with Gasteiger partial charge in [-0.3, -0.25) is 10.1 Å². The van der Waals surface area contributed by atoms with Crippen molar-refractivity contribution in [3.8, 4) is 0 Å². The molecule has 0 aliphatic heterocycles. The molecular weight excluding hydrogens is 170 g/mol. The topological polar surface area (TPSA) is 63.4 Å². The molecule has 0 saturated heterocycles. The minimum atomic E-state index is -0.785. The molecule has 4 nitrogen and oxygen atoms in total. The monoisotopic (exact) mass is 189 g/mol. The Kier molecular flexibility index (Phi) is 6.49. The third-order valence-electron chi connectivity index (χ3n) is 2.24. The number of aliphatic hydroxyl groups is 1. The van der Waals surface area contributed by atoms with Crippen molar-refractivity contribution < 1.29 is 10.0 Å². The molecule has 0 spiro atoms. The van der Waals surface area contributed by atoms with Crippen LogP contribution < -0.4 is 0 Å². The van der Waals surface area contributed by atoms with Gasteiger partial charge in [0.05, 0.1) is 0 Å². The summed E-state index contributed by atoms with van der Waals surface area (Å²) >= 11 is 0. The fraction of sp³-hybridized carbons (Fsp3) is 1.00. The van der Waals surface area contributed by atoms with Crippen LogP contribution in [0.15, 0.2) is 0 Å². The second-order valence-electron chi connectivity index (χ2n) is 3.32. The molecule has 4 heteroatoms. The first-order chi connectivity index (χ1) is 6.13. The Morgan fingerprint density at radius 3 is 2.38 bits per heavy atom. The number of nitro groups is 1. The maximum absolute atomic E-state index is 10.5. The van der Waals surface area contributed by atoms with Gasteiger partial charge in [-0.1, -0.05) is 26.7 Å². The molecule has 0 fully saturated rings. The predicted molar refractivity (Wildman–Crippen MR) is 51.2 cm³/mol. The Balaban J connectivity index is 3.88. The van der Waals surface area contributed by atoms with E-state index in [-0.39, 0.29) is 4.92 Å². The van der Waals surface area contributed by atoms with Crippen LogP contribution in [0.1, 0.15) is 46.0 Å². The summed E-state index contributed by atoms with van der Waals surface area (Å²) in [6.45, 7) is 3.82. The highest BCUT2D eigenvalue weighted by Crippen LogP contribution is 2.11. The van der Waals surface area contributed by atoms with E-state index in [0.29, 0.717) is 12.8 Å². The van der Waals surface area contributed by atoms with E-state index in [1.807, 2.05) is 0 Å². The third kappa shape index (κ3) is 4.83. The van der Waals surface area contributed by atoms with Gasteiger partial charge in [-0.05, 0) is 12.8 Å². The third-order valence-corrected chi connectivity index (χ3v) is 2.24. The first kappa shape index (κ1) is 12.4. The number of hydrogen-bond donors (Lipinski definition) is 1. The Hall–Kier alpha value is -0.640. The number of rotatable bonds is 7. The van der Waals surface area contributed by atoms with Crippen molar-refractivity contribution >= 4 is 0 Å². The molecule has 0 aliphatic rings. The van der Waals surface area contributed by atoms with E-state index in [0.717, 1.165) is 19.3 Å². The summed E-state index contributed by atoms with van der Waals surface area (Å²) in [5.41, 5.74) is 0. The molecule has 0 radical (unpaired) electrons. The molecule has 1 N–H and O–H groups in total. The smallest absolute Gasteiger partial charge is 0.238 e. The lowest BCUT2D eigenvalue weighted by Crippen LogP contribution is -2.33. The zero-order valence-electron chi connectivity index (χ0n) is 8.40. The lowest BCUT2D eigenvalue weighted by atomic mass is 10.0. The van der Waals surface area contributed by atoms with E-state index < -0.39 is 12.1 Å². The quantitative estimate of drug-likeness (QED) is 0.378. The van der Waals surface area contributed by atoms with Crippen LogP contribution in [0.2, 0.25) is 0 Å². The van der Waals surface area contributed by atoms with E-state index in [4.69, 9.17) is 0 Å². The van der Waals surface area contributed by atoms with Crippen LogP contribution in [0.3, 0.4) is 0 Å². The average Bonchev–Trinajstić information content (AvgIpc) is 2.11. The number of aliphatic hydroxyl groups excluding tert-OH is 1. The molecule has 13 heavy (non-hydrogen) atoms. The van der Waals surface area contributed by atoms with E-state index in [2.05, 4.69) is 6.92 Å². The van der Waals surface area contributed by atoms with Crippen molar-refractivity contribution in [3.05, 3.63) is 10.1 Å². The molecule has 2 unspecified atom stereocenters. The van der Waals surface area contributed by atoms with Crippen molar-refractivity contribution in [2.24, 2.45) is 0 Å². The standard InChI is InChI=1S/C9H19NO3/c1-3-5-6-7-8(10(12)13)9(11)4-2/h8-9,11H,3-7H2,1-2H3. The molecule has 0 heterocycles. The average molecular weight is 189 g/mol. The molecular formula is C9H19NO3. The van der Waals surface area contributed by atoms with Gasteiger partial charge in [0.25, 0.3) is 0 Å². The molecule has 0 aliphatic carbocycles. The Morgan fingerprint density at radius 2 is 2.00 bits per heavy atom. The minimum Gasteiger partial charge on any atom is -0.386 e. The van der Waals surface area contributed by atoms with Gasteiger partial charge in [0.1, 0.15) is 6.10 Å². The van der Waals surface area contributed by atoms with E-state index in [1.165, 1.54) is 0 Å². The second-order valence-corrected chi connectivity index (χ2v) is 3.32. The number of unbranched alkanes of at least 4 members (excludes halogenated alkanes) is 2. The van der Waals surface area contributed by atoms with Crippen molar-refractivity contribution in [1.82, 2.24) is 0 Å². The molecule has 0 aromatic heterocycles. The van der Waals surface area contributed by atoms with E-state index in [1.54, 1.807) is 6.92 Å². The predicted octanol–water partition coefficient (Wildman–Crippen LogP) is 1.98. The Bertz CT molecular complexity index is 150. The van der Waals surface area contributed by atoms with E-state index in [9.17, 15) is 15.2 Å².